The van der Waals surface area contributed by atoms with E-state index in [4.69, 9.17) is 9.47 Å². The minimum absolute atomic E-state index is 0. The Hall–Kier alpha value is -6.47. The Bertz CT molecular complexity index is 2670. The maximum absolute atomic E-state index is 6.72. The Kier molecular flexibility index (Phi) is 8.75. The fraction of sp³-hybridized carbons (Fsp3) is 0. The van der Waals surface area contributed by atoms with E-state index in [9.17, 15) is 0 Å². The fourth-order valence-corrected chi connectivity index (χ4v) is 7.20. The van der Waals surface area contributed by atoms with Crippen molar-refractivity contribution in [1.82, 2.24) is 9.13 Å². The predicted molar refractivity (Wildman–Crippen MR) is 205 cm³/mol. The number of nitrogens with zero attached hydrogens (tertiary/aromatic N) is 4. The van der Waals surface area contributed by atoms with Gasteiger partial charge in [0.25, 0.3) is 19.4 Å². The van der Waals surface area contributed by atoms with Crippen LogP contribution in [0.3, 0.4) is 0 Å². The van der Waals surface area contributed by atoms with Crippen LogP contribution in [0.5, 0.6) is 23.0 Å². The molecule has 54 heavy (non-hydrogen) atoms. The van der Waals surface area contributed by atoms with E-state index >= 15 is 0 Å². The van der Waals surface area contributed by atoms with Crippen molar-refractivity contribution in [3.8, 4) is 45.7 Å². The van der Waals surface area contributed by atoms with Crippen molar-refractivity contribution >= 4 is 34.1 Å². The molecule has 7 aromatic carbocycles. The predicted octanol–water partition coefficient (Wildman–Crippen LogP) is 6.59. The molecule has 9 aromatic rings. The van der Waals surface area contributed by atoms with Crippen LogP contribution in [0.4, 0.5) is 0 Å². The second-order valence-electron chi connectivity index (χ2n) is 12.8. The monoisotopic (exact) mass is 873 g/mol. The minimum atomic E-state index is 0. The smallest absolute Gasteiger partial charge is 0.268 e. The molecule has 259 valence electrons. The second kappa shape index (κ2) is 14.2. The van der Waals surface area contributed by atoms with Crippen molar-refractivity contribution < 1.29 is 38.7 Å². The molecule has 0 atom stereocenters. The number of imidazole rings is 2. The molecule has 2 aliphatic heterocycles. The zero-order valence-corrected chi connectivity index (χ0v) is 31.2. The summed E-state index contributed by atoms with van der Waals surface area (Å²) in [6.45, 7) is 0.0187. The number of rotatable bonds is 4. The standard InChI is InChI=1S/C31H18BN2O2.C15H11N2.Ir/c1-3-11-21(12-4-1)33-20-34(22-13-5-2-6-14-22)30-25(33)19-28-29-31(30)36-27-18-10-8-16-24(27)32(29)23-15-7-9-17-26(23)35-28;1-3-7-14(8-4-1)16-11-12-17(13-16)15-9-5-2-6-10-15;/h1-11,13-19H;1-9,11-12H;/q2*-1;. The topological polar surface area (TPSA) is 36.1 Å². The van der Waals surface area contributed by atoms with Crippen LogP contribution in [0.25, 0.3) is 33.8 Å². The van der Waals surface area contributed by atoms with Gasteiger partial charge in [0.1, 0.15) is 28.5 Å². The van der Waals surface area contributed by atoms with E-state index in [0.29, 0.717) is 0 Å². The SMILES string of the molecule is [Ir].[c-]1ccccc1-n1[c-][n+](-c2ccccc2)c2c3c4c(cc21)Oc1ccccc1B4c1ccccc1O3.[c-]1ccccc1-n1[c-][n+](-c2ccccc2)cc1. The van der Waals surface area contributed by atoms with E-state index < -0.39 is 0 Å². The molecule has 0 aliphatic carbocycles. The zero-order valence-electron chi connectivity index (χ0n) is 28.8. The van der Waals surface area contributed by atoms with Crippen LogP contribution >= 0.6 is 0 Å². The van der Waals surface area contributed by atoms with Crippen molar-refractivity contribution in [3.63, 3.8) is 0 Å². The third-order valence-electron chi connectivity index (χ3n) is 9.60. The number of para-hydroxylation sites is 6. The van der Waals surface area contributed by atoms with Crippen LogP contribution in [-0.2, 0) is 20.1 Å². The van der Waals surface area contributed by atoms with E-state index in [2.05, 4.69) is 84.0 Å². The number of aromatic nitrogens is 4. The van der Waals surface area contributed by atoms with Crippen molar-refractivity contribution in [2.24, 2.45) is 0 Å². The Morgan fingerprint density at radius 1 is 0.556 bits per heavy atom. The van der Waals surface area contributed by atoms with Gasteiger partial charge >= 0.3 is 0 Å². The van der Waals surface area contributed by atoms with Gasteiger partial charge in [0, 0.05) is 38.0 Å². The third kappa shape index (κ3) is 5.82. The molecule has 0 amide bonds. The maximum atomic E-state index is 6.72. The van der Waals surface area contributed by atoms with E-state index in [-0.39, 0.29) is 26.8 Å². The Morgan fingerprint density at radius 2 is 1.15 bits per heavy atom. The van der Waals surface area contributed by atoms with Gasteiger partial charge in [-0.15, -0.1) is 0 Å². The molecule has 2 aromatic heterocycles. The Labute approximate surface area is 327 Å². The summed E-state index contributed by atoms with van der Waals surface area (Å²) in [5, 5.41) is 0. The van der Waals surface area contributed by atoms with Crippen LogP contribution in [-0.4, -0.2) is 15.8 Å². The van der Waals surface area contributed by atoms with Gasteiger partial charge in [-0.2, -0.15) is 60.7 Å². The second-order valence-corrected chi connectivity index (χ2v) is 12.8. The normalized spacial score (nSPS) is 11.8. The maximum Gasteiger partial charge on any atom is 0.268 e. The molecule has 11 rings (SSSR count). The summed E-state index contributed by atoms with van der Waals surface area (Å²) in [5.74, 6) is 3.35. The largest absolute Gasteiger partial charge is 0.462 e. The van der Waals surface area contributed by atoms with E-state index in [0.717, 1.165) is 73.2 Å². The van der Waals surface area contributed by atoms with Crippen molar-refractivity contribution in [3.05, 3.63) is 201 Å². The van der Waals surface area contributed by atoms with E-state index in [1.54, 1.807) is 0 Å². The summed E-state index contributed by atoms with van der Waals surface area (Å²) in [6.07, 6.45) is 10.8. The van der Waals surface area contributed by atoms with Gasteiger partial charge < -0.3 is 18.6 Å². The molecule has 0 fully saturated rings. The molecule has 0 saturated heterocycles. The quantitative estimate of drug-likeness (QED) is 0.114. The first kappa shape index (κ1) is 33.4. The Morgan fingerprint density at radius 3 is 1.81 bits per heavy atom. The summed E-state index contributed by atoms with van der Waals surface area (Å²) in [6, 6.07) is 61.4. The summed E-state index contributed by atoms with van der Waals surface area (Å²) >= 11 is 0. The molecule has 2 aliphatic rings. The van der Waals surface area contributed by atoms with Crippen molar-refractivity contribution in [1.29, 1.82) is 0 Å². The first-order chi connectivity index (χ1) is 26.3. The van der Waals surface area contributed by atoms with Gasteiger partial charge in [-0.25, -0.2) is 0 Å². The summed E-state index contributed by atoms with van der Waals surface area (Å²) in [5.41, 5.74) is 9.21. The average Bonchev–Trinajstić information content (AvgIpc) is 3.89. The van der Waals surface area contributed by atoms with Gasteiger partial charge in [0.05, 0.1) is 16.9 Å². The summed E-state index contributed by atoms with van der Waals surface area (Å²) in [7, 11) is 0. The number of benzene rings is 7. The van der Waals surface area contributed by atoms with Gasteiger partial charge in [-0.3, -0.25) is 9.13 Å². The summed E-state index contributed by atoms with van der Waals surface area (Å²) in [4.78, 5) is 0. The zero-order chi connectivity index (χ0) is 35.1. The molecule has 8 heteroatoms. The summed E-state index contributed by atoms with van der Waals surface area (Å²) < 4.78 is 21.2. The number of hydrogen-bond acceptors (Lipinski definition) is 2. The molecule has 0 N–H and O–H groups in total. The molecule has 1 radical (unpaired) electrons. The van der Waals surface area contributed by atoms with Crippen LogP contribution in [0.2, 0.25) is 0 Å². The fourth-order valence-electron chi connectivity index (χ4n) is 7.20. The Balaban J connectivity index is 0.000000180. The van der Waals surface area contributed by atoms with Crippen LogP contribution in [0.1, 0.15) is 0 Å². The molecule has 0 unspecified atom stereocenters. The van der Waals surface area contributed by atoms with Gasteiger partial charge in [-0.05, 0) is 64.8 Å². The molecular formula is C46H29BIrN4O2-2. The van der Waals surface area contributed by atoms with Crippen molar-refractivity contribution in [2.75, 3.05) is 0 Å². The molecule has 4 heterocycles. The number of ether oxygens (including phenoxy) is 2. The first-order valence-corrected chi connectivity index (χ1v) is 17.5. The van der Waals surface area contributed by atoms with Crippen molar-refractivity contribution in [2.45, 2.75) is 0 Å². The van der Waals surface area contributed by atoms with Gasteiger partial charge in [0.2, 0.25) is 0 Å². The van der Waals surface area contributed by atoms with Gasteiger partial charge in [-0.1, -0.05) is 72.8 Å². The van der Waals surface area contributed by atoms with Gasteiger partial charge in [0.15, 0.2) is 0 Å². The van der Waals surface area contributed by atoms with Crippen LogP contribution in [0.15, 0.2) is 176 Å². The molecular weight excluding hydrogens is 844 g/mol. The average molecular weight is 873 g/mol. The number of fused-ring (bicyclic) bond motifs is 6. The van der Waals surface area contributed by atoms with Crippen LogP contribution in [0, 0.1) is 24.8 Å². The van der Waals surface area contributed by atoms with E-state index in [1.165, 1.54) is 0 Å². The van der Waals surface area contributed by atoms with E-state index in [1.807, 2.05) is 135 Å². The third-order valence-corrected chi connectivity index (χ3v) is 9.60. The molecule has 6 nitrogen and oxygen atoms in total. The molecule has 0 bridgehead atoms. The molecule has 0 spiro atoms. The van der Waals surface area contributed by atoms with Crippen LogP contribution < -0.4 is 35.0 Å². The molecule has 0 saturated carbocycles. The number of hydrogen-bond donors (Lipinski definition) is 0. The first-order valence-electron chi connectivity index (χ1n) is 17.5. The minimum Gasteiger partial charge on any atom is -0.462 e.